The van der Waals surface area contributed by atoms with Crippen LogP contribution >= 0.6 is 11.6 Å². The average Bonchev–Trinajstić information content (AvgIpc) is 3.18. The van der Waals surface area contributed by atoms with Crippen molar-refractivity contribution >= 4 is 40.8 Å². The van der Waals surface area contributed by atoms with Gasteiger partial charge in [0.05, 0.1) is 24.0 Å². The summed E-state index contributed by atoms with van der Waals surface area (Å²) in [6.07, 6.45) is 1.18. The van der Waals surface area contributed by atoms with E-state index in [0.29, 0.717) is 11.8 Å². The SMILES string of the molecule is COC(=O)c1[nH]cnc1C(=O)Nc1ccc(NC(=O)c2c(F)cc(F)cc2Cl)cc1. The van der Waals surface area contributed by atoms with Crippen LogP contribution in [0.15, 0.2) is 42.7 Å². The van der Waals surface area contributed by atoms with Crippen LogP contribution in [0, 0.1) is 11.6 Å². The van der Waals surface area contributed by atoms with E-state index in [0.717, 1.165) is 6.07 Å². The highest BCUT2D eigenvalue weighted by atomic mass is 35.5. The highest BCUT2D eigenvalue weighted by Crippen LogP contribution is 2.23. The van der Waals surface area contributed by atoms with Gasteiger partial charge in [0.2, 0.25) is 0 Å². The Morgan fingerprint density at radius 1 is 1.03 bits per heavy atom. The van der Waals surface area contributed by atoms with Gasteiger partial charge in [0, 0.05) is 17.4 Å². The predicted octanol–water partition coefficient (Wildman–Crippen LogP) is 3.63. The number of nitrogens with one attached hydrogen (secondary N) is 3. The molecule has 3 rings (SSSR count). The van der Waals surface area contributed by atoms with Gasteiger partial charge in [-0.3, -0.25) is 9.59 Å². The monoisotopic (exact) mass is 434 g/mol. The molecular weight excluding hydrogens is 422 g/mol. The Kier molecular flexibility index (Phi) is 6.07. The normalized spacial score (nSPS) is 10.4. The summed E-state index contributed by atoms with van der Waals surface area (Å²) in [5, 5.41) is 4.59. The van der Waals surface area contributed by atoms with Crippen molar-refractivity contribution in [3.63, 3.8) is 0 Å². The number of hydrogen-bond donors (Lipinski definition) is 3. The van der Waals surface area contributed by atoms with Gasteiger partial charge in [-0.15, -0.1) is 0 Å². The second-order valence-corrected chi connectivity index (χ2v) is 6.25. The van der Waals surface area contributed by atoms with Crippen LogP contribution in [-0.2, 0) is 4.74 Å². The van der Waals surface area contributed by atoms with Crippen molar-refractivity contribution in [2.75, 3.05) is 17.7 Å². The van der Waals surface area contributed by atoms with E-state index in [9.17, 15) is 23.2 Å². The van der Waals surface area contributed by atoms with E-state index in [2.05, 4.69) is 25.3 Å². The van der Waals surface area contributed by atoms with Crippen molar-refractivity contribution in [2.24, 2.45) is 0 Å². The topological polar surface area (TPSA) is 113 Å². The van der Waals surface area contributed by atoms with Crippen LogP contribution in [0.2, 0.25) is 5.02 Å². The zero-order valence-electron chi connectivity index (χ0n) is 15.3. The van der Waals surface area contributed by atoms with E-state index in [4.69, 9.17) is 11.6 Å². The number of amides is 2. The number of esters is 1. The zero-order valence-corrected chi connectivity index (χ0v) is 16.0. The van der Waals surface area contributed by atoms with E-state index in [-0.39, 0.29) is 22.1 Å². The number of ether oxygens (including phenoxy) is 1. The number of hydrogen-bond acceptors (Lipinski definition) is 5. The van der Waals surface area contributed by atoms with Crippen molar-refractivity contribution in [3.8, 4) is 0 Å². The first-order chi connectivity index (χ1) is 14.3. The van der Waals surface area contributed by atoms with Crippen molar-refractivity contribution in [3.05, 3.63) is 76.3 Å². The minimum atomic E-state index is -1.10. The molecule has 0 bridgehead atoms. The molecule has 30 heavy (non-hydrogen) atoms. The number of carbonyl (C=O) groups excluding carboxylic acids is 3. The summed E-state index contributed by atoms with van der Waals surface area (Å²) < 4.78 is 31.5. The third-order valence-corrected chi connectivity index (χ3v) is 4.18. The lowest BCUT2D eigenvalue weighted by Crippen LogP contribution is -2.17. The molecule has 0 saturated carbocycles. The van der Waals surface area contributed by atoms with Crippen LogP contribution < -0.4 is 10.6 Å². The van der Waals surface area contributed by atoms with Gasteiger partial charge in [0.25, 0.3) is 11.8 Å². The molecule has 2 aromatic carbocycles. The molecule has 0 spiro atoms. The molecule has 1 aromatic heterocycles. The van der Waals surface area contributed by atoms with Gasteiger partial charge >= 0.3 is 5.97 Å². The number of aromatic nitrogens is 2. The number of imidazole rings is 1. The molecule has 0 fully saturated rings. The molecule has 2 amide bonds. The summed E-state index contributed by atoms with van der Waals surface area (Å²) in [6.45, 7) is 0. The second-order valence-electron chi connectivity index (χ2n) is 5.85. The molecule has 0 aliphatic carbocycles. The van der Waals surface area contributed by atoms with E-state index in [1.165, 1.54) is 37.7 Å². The largest absolute Gasteiger partial charge is 0.464 e. The summed E-state index contributed by atoms with van der Waals surface area (Å²) in [4.78, 5) is 42.5. The lowest BCUT2D eigenvalue weighted by molar-refractivity contribution is 0.0591. The highest BCUT2D eigenvalue weighted by Gasteiger charge is 2.21. The van der Waals surface area contributed by atoms with E-state index < -0.39 is 35.0 Å². The lowest BCUT2D eigenvalue weighted by Gasteiger charge is -2.09. The first kappa shape index (κ1) is 20.9. The summed E-state index contributed by atoms with van der Waals surface area (Å²) in [5.41, 5.74) is -0.141. The minimum absolute atomic E-state index is 0.0999. The van der Waals surface area contributed by atoms with Crippen molar-refractivity contribution in [2.45, 2.75) is 0 Å². The fourth-order valence-corrected chi connectivity index (χ4v) is 2.78. The average molecular weight is 435 g/mol. The number of nitrogens with zero attached hydrogens (tertiary/aromatic N) is 1. The number of halogens is 3. The molecule has 0 aliphatic heterocycles. The Hall–Kier alpha value is -3.79. The van der Waals surface area contributed by atoms with Gasteiger partial charge in [-0.2, -0.15) is 0 Å². The maximum atomic E-state index is 13.8. The minimum Gasteiger partial charge on any atom is -0.464 e. The second kappa shape index (κ2) is 8.70. The van der Waals surface area contributed by atoms with Crippen LogP contribution in [0.1, 0.15) is 31.3 Å². The van der Waals surface area contributed by atoms with Crippen molar-refractivity contribution < 1.29 is 27.9 Å². The van der Waals surface area contributed by atoms with Crippen LogP contribution in [0.5, 0.6) is 0 Å². The lowest BCUT2D eigenvalue weighted by atomic mass is 10.2. The van der Waals surface area contributed by atoms with Crippen LogP contribution in [0.25, 0.3) is 0 Å². The highest BCUT2D eigenvalue weighted by molar-refractivity contribution is 6.34. The van der Waals surface area contributed by atoms with Crippen molar-refractivity contribution in [1.82, 2.24) is 9.97 Å². The molecule has 3 N–H and O–H groups in total. The molecule has 0 radical (unpaired) electrons. The Balaban J connectivity index is 1.70. The Labute approximate surface area is 173 Å². The number of rotatable bonds is 5. The fourth-order valence-electron chi connectivity index (χ4n) is 2.50. The van der Waals surface area contributed by atoms with Gasteiger partial charge in [-0.05, 0) is 30.3 Å². The van der Waals surface area contributed by atoms with Gasteiger partial charge in [-0.1, -0.05) is 11.6 Å². The zero-order chi connectivity index (χ0) is 21.8. The van der Waals surface area contributed by atoms with Crippen LogP contribution in [-0.4, -0.2) is 34.9 Å². The van der Waals surface area contributed by atoms with Crippen LogP contribution in [0.4, 0.5) is 20.2 Å². The summed E-state index contributed by atoms with van der Waals surface area (Å²) in [6, 6.07) is 7.18. The smallest absolute Gasteiger partial charge is 0.356 e. The molecule has 1 heterocycles. The summed E-state index contributed by atoms with van der Waals surface area (Å²) in [7, 11) is 1.17. The number of aromatic amines is 1. The number of anilines is 2. The molecule has 3 aromatic rings. The number of benzene rings is 2. The first-order valence-electron chi connectivity index (χ1n) is 8.29. The van der Waals surface area contributed by atoms with Gasteiger partial charge in [0.1, 0.15) is 11.6 Å². The molecule has 8 nitrogen and oxygen atoms in total. The van der Waals surface area contributed by atoms with E-state index >= 15 is 0 Å². The van der Waals surface area contributed by atoms with Crippen molar-refractivity contribution in [1.29, 1.82) is 0 Å². The van der Waals surface area contributed by atoms with E-state index in [1.54, 1.807) is 0 Å². The Morgan fingerprint density at radius 3 is 2.20 bits per heavy atom. The number of methoxy groups -OCH3 is 1. The Morgan fingerprint density at radius 2 is 1.63 bits per heavy atom. The van der Waals surface area contributed by atoms with Gasteiger partial charge in [-0.25, -0.2) is 18.6 Å². The van der Waals surface area contributed by atoms with E-state index in [1.807, 2.05) is 0 Å². The standard InChI is InChI=1S/C19H13ClF2N4O4/c1-30-19(29)16-15(23-8-24-16)18(28)26-11-4-2-10(3-5-11)25-17(27)14-12(20)6-9(21)7-13(14)22/h2-8H,1H3,(H,23,24)(H,25,27)(H,26,28). The molecule has 0 atom stereocenters. The number of H-pyrrole nitrogens is 1. The third kappa shape index (κ3) is 4.44. The summed E-state index contributed by atoms with van der Waals surface area (Å²) >= 11 is 5.74. The number of carbonyl (C=O) groups is 3. The van der Waals surface area contributed by atoms with Gasteiger partial charge < -0.3 is 20.4 Å². The maximum absolute atomic E-state index is 13.8. The first-order valence-corrected chi connectivity index (χ1v) is 8.67. The third-order valence-electron chi connectivity index (χ3n) is 3.88. The predicted molar refractivity (Wildman–Crippen MR) is 104 cm³/mol. The molecule has 11 heteroatoms. The molecule has 0 unspecified atom stereocenters. The quantitative estimate of drug-likeness (QED) is 0.531. The maximum Gasteiger partial charge on any atom is 0.356 e. The fraction of sp³-hybridized carbons (Fsp3) is 0.0526. The van der Waals surface area contributed by atoms with Gasteiger partial charge in [0.15, 0.2) is 11.4 Å². The molecule has 154 valence electrons. The molecule has 0 aliphatic rings. The molecule has 0 saturated heterocycles. The Bertz CT molecular complexity index is 1110. The summed E-state index contributed by atoms with van der Waals surface area (Å²) in [5.74, 6) is -4.27. The van der Waals surface area contributed by atoms with Crippen LogP contribution in [0.3, 0.4) is 0 Å². The molecular formula is C19H13ClF2N4O4.